The normalized spacial score (nSPS) is 15.6. The van der Waals surface area contributed by atoms with E-state index in [0.29, 0.717) is 24.1 Å². The lowest BCUT2D eigenvalue weighted by atomic mass is 9.97. The highest BCUT2D eigenvalue weighted by atomic mass is 35.5. The molecule has 1 atom stereocenters. The highest BCUT2D eigenvalue weighted by molar-refractivity contribution is 7.88. The molecule has 10 heteroatoms. The molecule has 0 spiro atoms. The van der Waals surface area contributed by atoms with Gasteiger partial charge in [0.05, 0.1) is 23.0 Å². The van der Waals surface area contributed by atoms with Crippen molar-refractivity contribution in [2.24, 2.45) is 5.92 Å². The number of rotatable bonds is 8. The monoisotopic (exact) mass is 557 g/mol. The summed E-state index contributed by atoms with van der Waals surface area (Å²) in [5.74, 6) is -2.24. The lowest BCUT2D eigenvalue weighted by molar-refractivity contribution is -0.120. The van der Waals surface area contributed by atoms with Crippen LogP contribution in [0.1, 0.15) is 47.3 Å². The molecule has 0 unspecified atom stereocenters. The minimum absolute atomic E-state index is 0.0590. The maximum Gasteiger partial charge on any atom is 0.253 e. The first kappa shape index (κ1) is 27.8. The van der Waals surface area contributed by atoms with Crippen LogP contribution in [0.4, 0.5) is 10.1 Å². The van der Waals surface area contributed by atoms with Crippen LogP contribution in [0.3, 0.4) is 0 Å². The number of carbonyl (C=O) groups excluding carboxylic acids is 2. The summed E-state index contributed by atoms with van der Waals surface area (Å²) < 4.78 is 41.2. The van der Waals surface area contributed by atoms with Gasteiger partial charge in [-0.2, -0.15) is 0 Å². The van der Waals surface area contributed by atoms with Crippen molar-refractivity contribution in [2.45, 2.75) is 31.6 Å². The van der Waals surface area contributed by atoms with Gasteiger partial charge < -0.3 is 10.6 Å². The average molecular weight is 558 g/mol. The molecule has 0 aliphatic carbocycles. The first-order valence-electron chi connectivity index (χ1n) is 12.3. The van der Waals surface area contributed by atoms with Crippen LogP contribution in [0.5, 0.6) is 0 Å². The molecule has 200 valence electrons. The van der Waals surface area contributed by atoms with Crippen LogP contribution >= 0.6 is 11.6 Å². The molecule has 2 amide bonds. The van der Waals surface area contributed by atoms with E-state index in [0.717, 1.165) is 5.56 Å². The van der Waals surface area contributed by atoms with Gasteiger partial charge in [-0.3, -0.25) is 9.59 Å². The molecule has 4 rings (SSSR count). The van der Waals surface area contributed by atoms with E-state index in [2.05, 4.69) is 10.6 Å². The van der Waals surface area contributed by atoms with Crippen molar-refractivity contribution in [1.29, 1.82) is 0 Å². The molecule has 0 radical (unpaired) electrons. The van der Waals surface area contributed by atoms with Crippen LogP contribution in [0.15, 0.2) is 72.8 Å². The zero-order valence-electron chi connectivity index (χ0n) is 20.9. The van der Waals surface area contributed by atoms with E-state index in [-0.39, 0.29) is 41.5 Å². The fourth-order valence-corrected chi connectivity index (χ4v) is 6.38. The number of amides is 2. The maximum atomic E-state index is 14.1. The Morgan fingerprint density at radius 1 is 1.00 bits per heavy atom. The molecule has 2 N–H and O–H groups in total. The first-order valence-corrected chi connectivity index (χ1v) is 14.3. The SMILES string of the molecule is C[C@@H](NC(=O)c1ccccc1NC(=O)C1CCN(S(=O)(=O)Cc2c(F)cccc2Cl)CC1)c1ccccc1. The molecule has 0 aromatic heterocycles. The number of para-hydroxylation sites is 1. The topological polar surface area (TPSA) is 95.6 Å². The minimum Gasteiger partial charge on any atom is -0.345 e. The summed E-state index contributed by atoms with van der Waals surface area (Å²) >= 11 is 6.01. The van der Waals surface area contributed by atoms with Crippen LogP contribution in [0, 0.1) is 11.7 Å². The molecule has 1 fully saturated rings. The summed E-state index contributed by atoms with van der Waals surface area (Å²) in [5.41, 5.74) is 1.62. The fraction of sp³-hybridized carbons (Fsp3) is 0.286. The third kappa shape index (κ3) is 6.59. The molecule has 0 bridgehead atoms. The number of hydrogen-bond donors (Lipinski definition) is 2. The van der Waals surface area contributed by atoms with Gasteiger partial charge in [0.1, 0.15) is 5.82 Å². The number of halogens is 2. The molecule has 3 aromatic carbocycles. The van der Waals surface area contributed by atoms with E-state index < -0.39 is 27.5 Å². The maximum absolute atomic E-state index is 14.1. The summed E-state index contributed by atoms with van der Waals surface area (Å²) in [7, 11) is -3.82. The van der Waals surface area contributed by atoms with Gasteiger partial charge in [-0.25, -0.2) is 17.1 Å². The molecule has 0 saturated carbocycles. The number of sulfonamides is 1. The minimum atomic E-state index is -3.82. The lowest BCUT2D eigenvalue weighted by Gasteiger charge is -2.30. The summed E-state index contributed by atoms with van der Waals surface area (Å²) in [6.07, 6.45) is 0.602. The van der Waals surface area contributed by atoms with Crippen LogP contribution < -0.4 is 10.6 Å². The van der Waals surface area contributed by atoms with Gasteiger partial charge >= 0.3 is 0 Å². The Balaban J connectivity index is 1.37. The van der Waals surface area contributed by atoms with Crippen LogP contribution in [0.2, 0.25) is 5.02 Å². The second kappa shape index (κ2) is 12.1. The molecule has 1 aliphatic heterocycles. The van der Waals surface area contributed by atoms with Gasteiger partial charge in [0.2, 0.25) is 15.9 Å². The predicted octanol–water partition coefficient (Wildman–Crippen LogP) is 5.15. The van der Waals surface area contributed by atoms with Crippen molar-refractivity contribution < 1.29 is 22.4 Å². The standard InChI is InChI=1S/C28H29ClFN3O4S/c1-19(20-8-3-2-4-9-20)31-28(35)22-10-5-6-13-26(22)32-27(34)21-14-16-33(17-15-21)38(36,37)18-23-24(29)11-7-12-25(23)30/h2-13,19,21H,14-18H2,1H3,(H,31,35)(H,32,34)/t19-/m1/s1. The zero-order valence-corrected chi connectivity index (χ0v) is 22.4. The van der Waals surface area contributed by atoms with Crippen molar-refractivity contribution in [3.05, 3.63) is 100 Å². The molecular formula is C28H29ClFN3O4S. The van der Waals surface area contributed by atoms with E-state index in [1.165, 1.54) is 22.5 Å². The van der Waals surface area contributed by atoms with Crippen LogP contribution in [-0.2, 0) is 20.6 Å². The van der Waals surface area contributed by atoms with E-state index in [1.54, 1.807) is 24.3 Å². The Labute approximate surface area is 227 Å². The summed E-state index contributed by atoms with van der Waals surface area (Å²) in [6, 6.07) is 20.1. The number of benzene rings is 3. The number of anilines is 1. The van der Waals surface area contributed by atoms with Gasteiger partial charge in [-0.05, 0) is 49.6 Å². The Hall–Kier alpha value is -3.27. The molecule has 1 heterocycles. The van der Waals surface area contributed by atoms with Crippen molar-refractivity contribution in [1.82, 2.24) is 9.62 Å². The Morgan fingerprint density at radius 3 is 2.34 bits per heavy atom. The van der Waals surface area contributed by atoms with E-state index in [9.17, 15) is 22.4 Å². The third-order valence-electron chi connectivity index (χ3n) is 6.68. The van der Waals surface area contributed by atoms with Crippen molar-refractivity contribution in [3.8, 4) is 0 Å². The van der Waals surface area contributed by atoms with E-state index in [4.69, 9.17) is 11.6 Å². The number of hydrogen-bond acceptors (Lipinski definition) is 4. The summed E-state index contributed by atoms with van der Waals surface area (Å²) in [6.45, 7) is 2.14. The largest absolute Gasteiger partial charge is 0.345 e. The molecule has 1 saturated heterocycles. The molecule has 3 aromatic rings. The molecule has 7 nitrogen and oxygen atoms in total. The number of piperidine rings is 1. The Morgan fingerprint density at radius 2 is 1.66 bits per heavy atom. The van der Waals surface area contributed by atoms with Crippen molar-refractivity contribution in [2.75, 3.05) is 18.4 Å². The van der Waals surface area contributed by atoms with Gasteiger partial charge in [0.25, 0.3) is 5.91 Å². The fourth-order valence-electron chi connectivity index (χ4n) is 4.46. The van der Waals surface area contributed by atoms with Gasteiger partial charge in [-0.15, -0.1) is 0 Å². The van der Waals surface area contributed by atoms with Crippen LogP contribution in [-0.4, -0.2) is 37.6 Å². The lowest BCUT2D eigenvalue weighted by Crippen LogP contribution is -2.42. The number of nitrogens with zero attached hydrogens (tertiary/aromatic N) is 1. The molecule has 38 heavy (non-hydrogen) atoms. The van der Waals surface area contributed by atoms with Crippen LogP contribution in [0.25, 0.3) is 0 Å². The van der Waals surface area contributed by atoms with Gasteiger partial charge in [0, 0.05) is 29.6 Å². The third-order valence-corrected chi connectivity index (χ3v) is 8.84. The van der Waals surface area contributed by atoms with E-state index in [1.807, 2.05) is 37.3 Å². The highest BCUT2D eigenvalue weighted by Crippen LogP contribution is 2.27. The Bertz CT molecular complexity index is 1390. The number of nitrogens with one attached hydrogen (secondary N) is 2. The quantitative estimate of drug-likeness (QED) is 0.400. The van der Waals surface area contributed by atoms with Crippen molar-refractivity contribution in [3.63, 3.8) is 0 Å². The first-order chi connectivity index (χ1) is 18.2. The number of carbonyl (C=O) groups is 2. The predicted molar refractivity (Wildman–Crippen MR) is 146 cm³/mol. The molecule has 1 aliphatic rings. The molecular weight excluding hydrogens is 529 g/mol. The second-order valence-electron chi connectivity index (χ2n) is 9.27. The van der Waals surface area contributed by atoms with E-state index >= 15 is 0 Å². The van der Waals surface area contributed by atoms with Crippen molar-refractivity contribution >= 4 is 39.1 Å². The van der Waals surface area contributed by atoms with Gasteiger partial charge in [-0.1, -0.05) is 60.1 Å². The second-order valence-corrected chi connectivity index (χ2v) is 11.6. The summed E-state index contributed by atoms with van der Waals surface area (Å²) in [5, 5.41) is 5.86. The highest BCUT2D eigenvalue weighted by Gasteiger charge is 2.32. The zero-order chi connectivity index (χ0) is 27.3. The van der Waals surface area contributed by atoms with Gasteiger partial charge in [0.15, 0.2) is 0 Å². The summed E-state index contributed by atoms with van der Waals surface area (Å²) in [4.78, 5) is 26.0. The average Bonchev–Trinajstić information content (AvgIpc) is 2.91. The smallest absolute Gasteiger partial charge is 0.253 e. The Kier molecular flexibility index (Phi) is 8.81.